The Morgan fingerprint density at radius 3 is 2.41 bits per heavy atom. The first-order chi connectivity index (χ1) is 7.39. The van der Waals surface area contributed by atoms with E-state index in [-0.39, 0.29) is 23.4 Å². The molecule has 8 N–H and O–H groups in total. The Bertz CT molecular complexity index is 410. The number of nitrogens with two attached hydrogens (primary N) is 1. The van der Waals surface area contributed by atoms with E-state index in [1.807, 2.05) is 0 Å². The number of hydrazine groups is 1. The quantitative estimate of drug-likeness (QED) is 0.264. The fourth-order valence-electron chi connectivity index (χ4n) is 1.28. The molecule has 0 unspecified atom stereocenters. The van der Waals surface area contributed by atoms with Gasteiger partial charge in [-0.3, -0.25) is 10.6 Å². The van der Waals surface area contributed by atoms with Crippen molar-refractivity contribution in [2.24, 2.45) is 5.84 Å². The number of phenols is 2. The van der Waals surface area contributed by atoms with Crippen molar-refractivity contribution < 1.29 is 25.6 Å². The maximum absolute atomic E-state index is 11.0. The van der Waals surface area contributed by atoms with Gasteiger partial charge in [-0.2, -0.15) is 0 Å². The van der Waals surface area contributed by atoms with E-state index in [9.17, 15) is 9.90 Å². The molecule has 0 aliphatic rings. The van der Waals surface area contributed by atoms with Gasteiger partial charge in [0, 0.05) is 6.42 Å². The van der Waals surface area contributed by atoms with Gasteiger partial charge in [-0.15, -0.1) is 0 Å². The van der Waals surface area contributed by atoms with E-state index in [1.54, 1.807) is 0 Å². The van der Waals surface area contributed by atoms with Crippen LogP contribution >= 0.6 is 0 Å². The molecule has 0 radical (unpaired) electrons. The highest BCUT2D eigenvalue weighted by Crippen LogP contribution is 2.26. The molecule has 0 saturated heterocycles. The Morgan fingerprint density at radius 1 is 1.41 bits per heavy atom. The van der Waals surface area contributed by atoms with Crippen LogP contribution in [0.15, 0.2) is 18.2 Å². The Morgan fingerprint density at radius 2 is 2.00 bits per heavy atom. The first kappa shape index (κ1) is 15.2. The number of hydrogen-bond acceptors (Lipinski definition) is 5. The summed E-state index contributed by atoms with van der Waals surface area (Å²) >= 11 is 0. The van der Waals surface area contributed by atoms with E-state index in [2.05, 4.69) is 5.43 Å². The lowest BCUT2D eigenvalue weighted by atomic mass is 9.93. The molecule has 1 atom stereocenters. The molecule has 7 nitrogen and oxygen atoms in total. The monoisotopic (exact) mass is 244 g/mol. The highest BCUT2D eigenvalue weighted by molar-refractivity contribution is 5.78. The predicted molar refractivity (Wildman–Crippen MR) is 60.5 cm³/mol. The largest absolute Gasteiger partial charge is 0.504 e. The van der Waals surface area contributed by atoms with Crippen molar-refractivity contribution in [2.45, 2.75) is 18.9 Å². The summed E-state index contributed by atoms with van der Waals surface area (Å²) in [5, 5.41) is 27.3. The lowest BCUT2D eigenvalue weighted by Crippen LogP contribution is -2.54. The zero-order valence-electron chi connectivity index (χ0n) is 9.27. The molecule has 0 aromatic heterocycles. The normalized spacial score (nSPS) is 13.5. The Balaban J connectivity index is 0.00000256. The molecule has 0 aliphatic heterocycles. The smallest absolute Gasteiger partial charge is 0.325 e. The van der Waals surface area contributed by atoms with Crippen LogP contribution in [-0.2, 0) is 11.2 Å². The van der Waals surface area contributed by atoms with Crippen molar-refractivity contribution in [3.05, 3.63) is 23.8 Å². The molecular formula is C10H16N2O5. The Hall–Kier alpha value is -1.83. The summed E-state index contributed by atoms with van der Waals surface area (Å²) in [7, 11) is 0. The number of aliphatic carboxylic acids is 1. The Kier molecular flexibility index (Phi) is 4.89. The SMILES string of the molecule is C[C@@](Cc1ccc(O)c(O)c1)(NN)C(=O)O.O. The molecule has 96 valence electrons. The van der Waals surface area contributed by atoms with Gasteiger partial charge in [-0.05, 0) is 24.6 Å². The summed E-state index contributed by atoms with van der Waals surface area (Å²) < 4.78 is 0. The van der Waals surface area contributed by atoms with Gasteiger partial charge >= 0.3 is 5.97 Å². The lowest BCUT2D eigenvalue weighted by molar-refractivity contribution is -0.144. The highest BCUT2D eigenvalue weighted by Gasteiger charge is 2.32. The van der Waals surface area contributed by atoms with Crippen molar-refractivity contribution in [1.82, 2.24) is 5.43 Å². The number of hydrogen-bond donors (Lipinski definition) is 5. The molecule has 17 heavy (non-hydrogen) atoms. The third-order valence-corrected chi connectivity index (χ3v) is 2.39. The van der Waals surface area contributed by atoms with Crippen molar-refractivity contribution in [1.29, 1.82) is 0 Å². The van der Waals surface area contributed by atoms with Gasteiger partial charge in [0.15, 0.2) is 11.5 Å². The van der Waals surface area contributed by atoms with Crippen LogP contribution in [0.2, 0.25) is 0 Å². The molecule has 0 spiro atoms. The summed E-state index contributed by atoms with van der Waals surface area (Å²) in [5.74, 6) is 3.55. The summed E-state index contributed by atoms with van der Waals surface area (Å²) in [6.07, 6.45) is 0.0900. The molecule has 0 aliphatic carbocycles. The number of carbonyl (C=O) groups is 1. The number of carboxylic acid groups (broad SMARTS) is 1. The predicted octanol–water partition coefficient (Wildman–Crippen LogP) is -0.878. The first-order valence-electron chi connectivity index (χ1n) is 4.61. The van der Waals surface area contributed by atoms with Crippen molar-refractivity contribution >= 4 is 5.97 Å². The fourth-order valence-corrected chi connectivity index (χ4v) is 1.28. The van der Waals surface area contributed by atoms with Crippen LogP contribution in [0.5, 0.6) is 11.5 Å². The topological polar surface area (TPSA) is 147 Å². The molecular weight excluding hydrogens is 228 g/mol. The van der Waals surface area contributed by atoms with Crippen LogP contribution in [0.1, 0.15) is 12.5 Å². The molecule has 0 heterocycles. The maximum Gasteiger partial charge on any atom is 0.325 e. The van der Waals surface area contributed by atoms with Gasteiger partial charge in [0.2, 0.25) is 0 Å². The molecule has 1 aromatic rings. The van der Waals surface area contributed by atoms with E-state index in [4.69, 9.17) is 16.1 Å². The van der Waals surface area contributed by atoms with Gasteiger partial charge in [0.25, 0.3) is 0 Å². The minimum Gasteiger partial charge on any atom is -0.504 e. The second kappa shape index (κ2) is 5.48. The average molecular weight is 244 g/mol. The molecule has 0 bridgehead atoms. The van der Waals surface area contributed by atoms with E-state index >= 15 is 0 Å². The van der Waals surface area contributed by atoms with Crippen LogP contribution in [0, 0.1) is 0 Å². The summed E-state index contributed by atoms with van der Waals surface area (Å²) in [6.45, 7) is 1.43. The number of rotatable bonds is 4. The van der Waals surface area contributed by atoms with E-state index in [0.29, 0.717) is 5.56 Å². The zero-order chi connectivity index (χ0) is 12.3. The molecule has 0 fully saturated rings. The van der Waals surface area contributed by atoms with Crippen LogP contribution in [0.25, 0.3) is 0 Å². The number of carboxylic acids is 1. The third-order valence-electron chi connectivity index (χ3n) is 2.39. The van der Waals surface area contributed by atoms with E-state index < -0.39 is 11.5 Å². The second-order valence-corrected chi connectivity index (χ2v) is 3.78. The van der Waals surface area contributed by atoms with Crippen LogP contribution < -0.4 is 11.3 Å². The lowest BCUT2D eigenvalue weighted by Gasteiger charge is -2.23. The van der Waals surface area contributed by atoms with Crippen LogP contribution in [-0.4, -0.2) is 32.3 Å². The first-order valence-corrected chi connectivity index (χ1v) is 4.61. The zero-order valence-corrected chi connectivity index (χ0v) is 9.27. The van der Waals surface area contributed by atoms with Crippen molar-refractivity contribution in [3.63, 3.8) is 0 Å². The molecule has 1 rings (SSSR count). The minimum absolute atomic E-state index is 0. The second-order valence-electron chi connectivity index (χ2n) is 3.78. The molecule has 1 aromatic carbocycles. The number of benzene rings is 1. The summed E-state index contributed by atoms with van der Waals surface area (Å²) in [6, 6.07) is 4.12. The van der Waals surface area contributed by atoms with Gasteiger partial charge in [0.1, 0.15) is 5.54 Å². The molecule has 0 amide bonds. The summed E-state index contributed by atoms with van der Waals surface area (Å²) in [5.41, 5.74) is 1.45. The van der Waals surface area contributed by atoms with Crippen LogP contribution in [0.4, 0.5) is 0 Å². The minimum atomic E-state index is -1.32. The number of phenolic OH excluding ortho intramolecular Hbond substituents is 2. The third kappa shape index (κ3) is 3.31. The standard InChI is InChI=1S/C10H14N2O4.H2O/c1-10(12-11,9(15)16)5-6-2-3-7(13)8(14)4-6;/h2-4,12-14H,5,11H2,1H3,(H,15,16);1H2/t10-;/m0./s1. The highest BCUT2D eigenvalue weighted by atomic mass is 16.4. The molecule has 7 heteroatoms. The van der Waals surface area contributed by atoms with Gasteiger partial charge in [-0.25, -0.2) is 5.43 Å². The van der Waals surface area contributed by atoms with Gasteiger partial charge in [-0.1, -0.05) is 6.07 Å². The number of aromatic hydroxyl groups is 2. The van der Waals surface area contributed by atoms with Crippen molar-refractivity contribution in [3.8, 4) is 11.5 Å². The average Bonchev–Trinajstić information content (AvgIpc) is 2.23. The van der Waals surface area contributed by atoms with E-state index in [0.717, 1.165) is 0 Å². The van der Waals surface area contributed by atoms with E-state index in [1.165, 1.54) is 25.1 Å². The van der Waals surface area contributed by atoms with Crippen molar-refractivity contribution in [2.75, 3.05) is 0 Å². The maximum atomic E-state index is 11.0. The van der Waals surface area contributed by atoms with Gasteiger partial charge in [0.05, 0.1) is 0 Å². The molecule has 0 saturated carbocycles. The summed E-state index contributed by atoms with van der Waals surface area (Å²) in [4.78, 5) is 11.0. The van der Waals surface area contributed by atoms with Crippen LogP contribution in [0.3, 0.4) is 0 Å². The fraction of sp³-hybridized carbons (Fsp3) is 0.300. The van der Waals surface area contributed by atoms with Gasteiger partial charge < -0.3 is 20.8 Å². The Labute approximate surface area is 97.8 Å². The number of nitrogens with one attached hydrogen (secondary N) is 1.